The second-order valence-electron chi connectivity index (χ2n) is 6.28. The van der Waals surface area contributed by atoms with Crippen molar-refractivity contribution < 1.29 is 4.79 Å². The molecule has 94 valence electrons. The molecular weight excluding hydrogens is 228 g/mol. The van der Waals surface area contributed by atoms with Crippen LogP contribution in [0.5, 0.6) is 0 Å². The van der Waals surface area contributed by atoms with Gasteiger partial charge in [0.1, 0.15) is 5.78 Å². The molecule has 0 saturated heterocycles. The van der Waals surface area contributed by atoms with Crippen LogP contribution in [-0.2, 0) is 11.2 Å². The SMILES string of the molecule is CC(C)(C)C1CCC(=O)C(Cc2cccs2)C1. The van der Waals surface area contributed by atoms with E-state index in [1.807, 2.05) is 0 Å². The Hall–Kier alpha value is -0.630. The lowest BCUT2D eigenvalue weighted by Crippen LogP contribution is -2.32. The van der Waals surface area contributed by atoms with Crippen molar-refractivity contribution in [1.82, 2.24) is 0 Å². The third kappa shape index (κ3) is 3.19. The number of carbonyl (C=O) groups is 1. The van der Waals surface area contributed by atoms with Crippen molar-refractivity contribution in [3.8, 4) is 0 Å². The third-order valence-corrected chi connectivity index (χ3v) is 4.91. The quantitative estimate of drug-likeness (QED) is 0.764. The molecule has 2 atom stereocenters. The van der Waals surface area contributed by atoms with Gasteiger partial charge in [0.15, 0.2) is 0 Å². The molecule has 2 unspecified atom stereocenters. The van der Waals surface area contributed by atoms with Gasteiger partial charge in [-0.25, -0.2) is 0 Å². The Morgan fingerprint density at radius 1 is 1.41 bits per heavy atom. The van der Waals surface area contributed by atoms with Crippen molar-refractivity contribution >= 4 is 17.1 Å². The molecule has 1 saturated carbocycles. The Labute approximate surface area is 108 Å². The molecular formula is C15H22OS. The Morgan fingerprint density at radius 3 is 2.76 bits per heavy atom. The van der Waals surface area contributed by atoms with E-state index in [2.05, 4.69) is 38.3 Å². The monoisotopic (exact) mass is 250 g/mol. The van der Waals surface area contributed by atoms with Crippen LogP contribution in [0.2, 0.25) is 0 Å². The molecule has 1 aliphatic rings. The average molecular weight is 250 g/mol. The molecule has 2 heteroatoms. The molecule has 0 bridgehead atoms. The van der Waals surface area contributed by atoms with Crippen LogP contribution in [-0.4, -0.2) is 5.78 Å². The zero-order valence-corrected chi connectivity index (χ0v) is 11.8. The molecule has 0 aromatic carbocycles. The Kier molecular flexibility index (Phi) is 3.72. The van der Waals surface area contributed by atoms with Gasteiger partial charge in [0.05, 0.1) is 0 Å². The fourth-order valence-electron chi connectivity index (χ4n) is 2.77. The second kappa shape index (κ2) is 4.93. The molecule has 0 aliphatic heterocycles. The molecule has 0 amide bonds. The summed E-state index contributed by atoms with van der Waals surface area (Å²) in [4.78, 5) is 13.4. The maximum absolute atomic E-state index is 12.0. The molecule has 2 rings (SSSR count). The van der Waals surface area contributed by atoms with E-state index < -0.39 is 0 Å². The number of thiophene rings is 1. The van der Waals surface area contributed by atoms with E-state index in [1.54, 1.807) is 11.3 Å². The molecule has 1 nitrogen and oxygen atoms in total. The van der Waals surface area contributed by atoms with Gasteiger partial charge in [0.2, 0.25) is 0 Å². The van der Waals surface area contributed by atoms with Crippen LogP contribution in [0.1, 0.15) is 44.9 Å². The van der Waals surface area contributed by atoms with E-state index in [0.29, 0.717) is 17.1 Å². The first-order valence-corrected chi connectivity index (χ1v) is 7.40. The standard InChI is InChI=1S/C15H22OS/c1-15(2,3)12-6-7-14(16)11(9-12)10-13-5-4-8-17-13/h4-5,8,11-12H,6-7,9-10H2,1-3H3. The lowest BCUT2D eigenvalue weighted by Gasteiger charge is -2.36. The van der Waals surface area contributed by atoms with E-state index in [4.69, 9.17) is 0 Å². The van der Waals surface area contributed by atoms with Crippen molar-refractivity contribution in [3.05, 3.63) is 22.4 Å². The third-order valence-electron chi connectivity index (χ3n) is 4.02. The molecule has 0 N–H and O–H groups in total. The normalized spacial score (nSPS) is 26.2. The fraction of sp³-hybridized carbons (Fsp3) is 0.667. The zero-order chi connectivity index (χ0) is 12.5. The Morgan fingerprint density at radius 2 is 2.18 bits per heavy atom. The summed E-state index contributed by atoms with van der Waals surface area (Å²) in [5.41, 5.74) is 0.342. The summed E-state index contributed by atoms with van der Waals surface area (Å²) in [6, 6.07) is 4.23. The zero-order valence-electron chi connectivity index (χ0n) is 11.0. The van der Waals surface area contributed by atoms with Crippen LogP contribution in [0.25, 0.3) is 0 Å². The summed E-state index contributed by atoms with van der Waals surface area (Å²) in [5.74, 6) is 1.45. The first-order chi connectivity index (χ1) is 7.97. The number of rotatable bonds is 2. The second-order valence-corrected chi connectivity index (χ2v) is 7.32. The van der Waals surface area contributed by atoms with Crippen LogP contribution in [0.4, 0.5) is 0 Å². The number of carbonyl (C=O) groups excluding carboxylic acids is 1. The van der Waals surface area contributed by atoms with Crippen molar-refractivity contribution in [2.75, 3.05) is 0 Å². The molecule has 1 aliphatic carbocycles. The minimum absolute atomic E-state index is 0.270. The average Bonchev–Trinajstić information content (AvgIpc) is 2.72. The maximum atomic E-state index is 12.0. The van der Waals surface area contributed by atoms with E-state index in [9.17, 15) is 4.79 Å². The van der Waals surface area contributed by atoms with Crippen LogP contribution >= 0.6 is 11.3 Å². The first-order valence-electron chi connectivity index (χ1n) is 6.52. The van der Waals surface area contributed by atoms with Gasteiger partial charge in [0.25, 0.3) is 0 Å². The van der Waals surface area contributed by atoms with Gasteiger partial charge in [-0.3, -0.25) is 4.79 Å². The smallest absolute Gasteiger partial charge is 0.136 e. The van der Waals surface area contributed by atoms with E-state index in [-0.39, 0.29) is 5.92 Å². The van der Waals surface area contributed by atoms with Gasteiger partial charge in [-0.05, 0) is 42.0 Å². The highest BCUT2D eigenvalue weighted by atomic mass is 32.1. The van der Waals surface area contributed by atoms with Gasteiger partial charge in [-0.1, -0.05) is 26.8 Å². The summed E-state index contributed by atoms with van der Waals surface area (Å²) in [6.45, 7) is 6.90. The summed E-state index contributed by atoms with van der Waals surface area (Å²) in [6.07, 6.45) is 3.92. The fourth-order valence-corrected chi connectivity index (χ4v) is 3.56. The molecule has 1 fully saturated rings. The van der Waals surface area contributed by atoms with Crippen molar-refractivity contribution in [2.24, 2.45) is 17.3 Å². The summed E-state index contributed by atoms with van der Waals surface area (Å²) in [5, 5.41) is 2.10. The van der Waals surface area contributed by atoms with E-state index in [0.717, 1.165) is 25.7 Å². The van der Waals surface area contributed by atoms with Crippen molar-refractivity contribution in [1.29, 1.82) is 0 Å². The van der Waals surface area contributed by atoms with Crippen LogP contribution < -0.4 is 0 Å². The van der Waals surface area contributed by atoms with Gasteiger partial charge >= 0.3 is 0 Å². The molecule has 1 aromatic rings. The van der Waals surface area contributed by atoms with Gasteiger partial charge in [0, 0.05) is 17.2 Å². The first kappa shape index (κ1) is 12.8. The number of Topliss-reactive ketones (excluding diaryl/α,β-unsaturated/α-hetero) is 1. The molecule has 1 aromatic heterocycles. The topological polar surface area (TPSA) is 17.1 Å². The maximum Gasteiger partial charge on any atom is 0.136 e. The summed E-state index contributed by atoms with van der Waals surface area (Å²) < 4.78 is 0. The summed E-state index contributed by atoms with van der Waals surface area (Å²) in [7, 11) is 0. The lowest BCUT2D eigenvalue weighted by molar-refractivity contribution is -0.126. The molecule has 0 spiro atoms. The van der Waals surface area contributed by atoms with Crippen LogP contribution in [0, 0.1) is 17.3 Å². The Balaban J connectivity index is 2.03. The molecule has 0 radical (unpaired) electrons. The number of hydrogen-bond acceptors (Lipinski definition) is 2. The van der Waals surface area contributed by atoms with E-state index in [1.165, 1.54) is 4.88 Å². The minimum atomic E-state index is 0.270. The lowest BCUT2D eigenvalue weighted by atomic mass is 9.68. The molecule has 1 heterocycles. The Bertz CT molecular complexity index is 372. The van der Waals surface area contributed by atoms with E-state index >= 15 is 0 Å². The largest absolute Gasteiger partial charge is 0.299 e. The highest BCUT2D eigenvalue weighted by Gasteiger charge is 2.34. The predicted molar refractivity (Wildman–Crippen MR) is 73.3 cm³/mol. The highest BCUT2D eigenvalue weighted by Crippen LogP contribution is 2.40. The van der Waals surface area contributed by atoms with Gasteiger partial charge in [-0.2, -0.15) is 0 Å². The van der Waals surface area contributed by atoms with Crippen LogP contribution in [0.3, 0.4) is 0 Å². The minimum Gasteiger partial charge on any atom is -0.299 e. The van der Waals surface area contributed by atoms with Gasteiger partial charge < -0.3 is 0 Å². The van der Waals surface area contributed by atoms with Crippen molar-refractivity contribution in [2.45, 2.75) is 46.5 Å². The van der Waals surface area contributed by atoms with Gasteiger partial charge in [-0.15, -0.1) is 11.3 Å². The highest BCUT2D eigenvalue weighted by molar-refractivity contribution is 7.09. The van der Waals surface area contributed by atoms with Crippen LogP contribution in [0.15, 0.2) is 17.5 Å². The summed E-state index contributed by atoms with van der Waals surface area (Å²) >= 11 is 1.78. The van der Waals surface area contributed by atoms with Crippen molar-refractivity contribution in [3.63, 3.8) is 0 Å². The molecule has 17 heavy (non-hydrogen) atoms. The number of hydrogen-bond donors (Lipinski definition) is 0. The predicted octanol–water partition coefficient (Wildman–Crippen LogP) is 4.32. The number of ketones is 1.